The van der Waals surface area contributed by atoms with E-state index in [9.17, 15) is 0 Å². The van der Waals surface area contributed by atoms with Gasteiger partial charge in [0, 0.05) is 17.9 Å². The van der Waals surface area contributed by atoms with E-state index < -0.39 is 0 Å². The Labute approximate surface area is 147 Å². The Bertz CT molecular complexity index is 605. The molecule has 24 heavy (non-hydrogen) atoms. The van der Waals surface area contributed by atoms with Crippen LogP contribution in [0.15, 0.2) is 55.4 Å². The molecule has 130 valence electrons. The second kappa shape index (κ2) is 10.5. The lowest BCUT2D eigenvalue weighted by molar-refractivity contribution is 0.531. The fraction of sp³-hybridized carbons (Fsp3) is 0.381. The van der Waals surface area contributed by atoms with Crippen LogP contribution in [-0.2, 0) is 0 Å². The Morgan fingerprint density at radius 3 is 2.38 bits per heavy atom. The Hall–Kier alpha value is -2.29. The molecule has 0 fully saturated rings. The van der Waals surface area contributed by atoms with E-state index in [1.54, 1.807) is 6.20 Å². The van der Waals surface area contributed by atoms with Crippen LogP contribution in [-0.4, -0.2) is 11.0 Å². The first kappa shape index (κ1) is 19.8. The summed E-state index contributed by atoms with van der Waals surface area (Å²) in [5.74, 6) is 0. The molecule has 0 saturated heterocycles. The van der Waals surface area contributed by atoms with Crippen molar-refractivity contribution in [3.8, 4) is 0 Å². The highest BCUT2D eigenvalue weighted by Crippen LogP contribution is 2.25. The van der Waals surface area contributed by atoms with Crippen molar-refractivity contribution in [1.29, 1.82) is 0 Å². The van der Waals surface area contributed by atoms with Crippen LogP contribution in [0.4, 0.5) is 5.69 Å². The molecule has 2 unspecified atom stereocenters. The number of rotatable bonds is 7. The molecule has 2 N–H and O–H groups in total. The van der Waals surface area contributed by atoms with Crippen LogP contribution in [0.2, 0.25) is 0 Å². The molecule has 0 bridgehead atoms. The lowest BCUT2D eigenvalue weighted by Crippen LogP contribution is -2.26. The van der Waals surface area contributed by atoms with Crippen LogP contribution in [0.3, 0.4) is 0 Å². The fourth-order valence-electron chi connectivity index (χ4n) is 2.58. The summed E-state index contributed by atoms with van der Waals surface area (Å²) in [6.07, 6.45) is 4.54. The van der Waals surface area contributed by atoms with Gasteiger partial charge in [-0.3, -0.25) is 4.98 Å². The predicted octanol–water partition coefficient (Wildman–Crippen LogP) is 5.39. The normalized spacial score (nSPS) is 12.4. The lowest BCUT2D eigenvalue weighted by Gasteiger charge is -2.24. The van der Waals surface area contributed by atoms with Crippen LogP contribution in [0.1, 0.15) is 50.1 Å². The number of hydrogen-bond donors (Lipinski definition) is 2. The average molecular weight is 326 g/mol. The van der Waals surface area contributed by atoms with Gasteiger partial charge in [0.1, 0.15) is 0 Å². The molecule has 0 aliphatic rings. The maximum atomic E-state index is 4.59. The average Bonchev–Trinajstić information content (AvgIpc) is 2.59. The van der Waals surface area contributed by atoms with Crippen molar-refractivity contribution in [2.24, 2.45) is 0 Å². The second-order valence-electron chi connectivity index (χ2n) is 5.78. The lowest BCUT2D eigenvalue weighted by atomic mass is 10.0. The quantitative estimate of drug-likeness (QED) is 0.716. The third-order valence-corrected chi connectivity index (χ3v) is 3.76. The van der Waals surface area contributed by atoms with Crippen LogP contribution >= 0.6 is 0 Å². The van der Waals surface area contributed by atoms with Crippen molar-refractivity contribution < 1.29 is 0 Å². The van der Waals surface area contributed by atoms with Gasteiger partial charge in [-0.05, 0) is 57.2 Å². The zero-order valence-electron chi connectivity index (χ0n) is 15.6. The van der Waals surface area contributed by atoms with E-state index in [0.717, 1.165) is 17.8 Å². The molecule has 0 saturated carbocycles. The summed E-state index contributed by atoms with van der Waals surface area (Å²) in [7, 11) is 0. The molecular formula is C21H31N3. The Morgan fingerprint density at radius 2 is 1.79 bits per heavy atom. The Kier molecular flexibility index (Phi) is 8.63. The monoisotopic (exact) mass is 325 g/mol. The van der Waals surface area contributed by atoms with Gasteiger partial charge in [0.15, 0.2) is 0 Å². The third-order valence-electron chi connectivity index (χ3n) is 3.76. The number of hydrogen-bond acceptors (Lipinski definition) is 3. The molecule has 2 aromatic rings. The first-order valence-corrected chi connectivity index (χ1v) is 8.72. The minimum Gasteiger partial charge on any atom is -0.389 e. The van der Waals surface area contributed by atoms with Crippen molar-refractivity contribution >= 4 is 5.69 Å². The minimum absolute atomic E-state index is 0.159. The smallest absolute Gasteiger partial charge is 0.0707 e. The molecule has 1 heterocycles. The molecule has 3 heteroatoms. The van der Waals surface area contributed by atoms with E-state index in [4.69, 9.17) is 0 Å². The van der Waals surface area contributed by atoms with Gasteiger partial charge in [-0.15, -0.1) is 0 Å². The maximum Gasteiger partial charge on any atom is 0.0707 e. The molecule has 0 aliphatic carbocycles. The van der Waals surface area contributed by atoms with Crippen molar-refractivity contribution in [1.82, 2.24) is 10.3 Å². The summed E-state index contributed by atoms with van der Waals surface area (Å²) in [6, 6.07) is 13.0. The minimum atomic E-state index is 0.159. The maximum absolute atomic E-state index is 4.59. The molecule has 2 atom stereocenters. The van der Waals surface area contributed by atoms with Gasteiger partial charge in [-0.2, -0.15) is 0 Å². The SMILES string of the molecule is C=CNC(C)CC(Nc1ccc(C)cc1)c1ncccc1C.CC. The summed E-state index contributed by atoms with van der Waals surface area (Å²) < 4.78 is 0. The molecule has 1 aromatic carbocycles. The molecule has 0 spiro atoms. The molecule has 0 radical (unpaired) electrons. The highest BCUT2D eigenvalue weighted by Gasteiger charge is 2.17. The van der Waals surface area contributed by atoms with E-state index in [0.29, 0.717) is 6.04 Å². The number of nitrogens with one attached hydrogen (secondary N) is 2. The topological polar surface area (TPSA) is 37.0 Å². The van der Waals surface area contributed by atoms with E-state index in [1.807, 2.05) is 26.1 Å². The molecular weight excluding hydrogens is 294 g/mol. The number of nitrogens with zero attached hydrogens (tertiary/aromatic N) is 1. The fourth-order valence-corrected chi connectivity index (χ4v) is 2.58. The van der Waals surface area contributed by atoms with Crippen molar-refractivity contribution in [2.45, 2.75) is 53.1 Å². The van der Waals surface area contributed by atoms with Crippen LogP contribution < -0.4 is 10.6 Å². The molecule has 2 rings (SSSR count). The van der Waals surface area contributed by atoms with Gasteiger partial charge >= 0.3 is 0 Å². The number of aryl methyl sites for hydroxylation is 2. The van der Waals surface area contributed by atoms with E-state index in [2.05, 4.69) is 73.3 Å². The van der Waals surface area contributed by atoms with Gasteiger partial charge in [0.2, 0.25) is 0 Å². The Balaban J connectivity index is 0.00000139. The highest BCUT2D eigenvalue weighted by atomic mass is 15.0. The van der Waals surface area contributed by atoms with Crippen LogP contribution in [0.5, 0.6) is 0 Å². The van der Waals surface area contributed by atoms with Crippen molar-refractivity contribution in [3.63, 3.8) is 0 Å². The summed E-state index contributed by atoms with van der Waals surface area (Å²) in [6.45, 7) is 14.1. The number of anilines is 1. The number of pyridine rings is 1. The third kappa shape index (κ3) is 6.07. The van der Waals surface area contributed by atoms with E-state index >= 15 is 0 Å². The summed E-state index contributed by atoms with van der Waals surface area (Å²) >= 11 is 0. The molecule has 0 amide bonds. The summed E-state index contributed by atoms with van der Waals surface area (Å²) in [5.41, 5.74) is 4.68. The number of benzene rings is 1. The van der Waals surface area contributed by atoms with Gasteiger partial charge in [-0.1, -0.05) is 44.2 Å². The molecule has 0 aliphatic heterocycles. The molecule has 1 aromatic heterocycles. The largest absolute Gasteiger partial charge is 0.389 e. The van der Waals surface area contributed by atoms with Crippen molar-refractivity contribution in [2.75, 3.05) is 5.32 Å². The predicted molar refractivity (Wildman–Crippen MR) is 105 cm³/mol. The van der Waals surface area contributed by atoms with Gasteiger partial charge in [0.25, 0.3) is 0 Å². The Morgan fingerprint density at radius 1 is 1.12 bits per heavy atom. The summed E-state index contributed by atoms with van der Waals surface area (Å²) in [5, 5.41) is 6.87. The van der Waals surface area contributed by atoms with Crippen molar-refractivity contribution in [3.05, 3.63) is 72.2 Å². The summed E-state index contributed by atoms with van der Waals surface area (Å²) in [4.78, 5) is 4.59. The van der Waals surface area contributed by atoms with Gasteiger partial charge < -0.3 is 10.6 Å². The molecule has 3 nitrogen and oxygen atoms in total. The van der Waals surface area contributed by atoms with Crippen LogP contribution in [0.25, 0.3) is 0 Å². The zero-order chi connectivity index (χ0) is 17.9. The standard InChI is InChI=1S/C19H25N3.C2H6/c1-5-20-16(4)13-18(19-15(3)7-6-12-21-19)22-17-10-8-14(2)9-11-17;1-2/h5-12,16,18,20,22H,1,13H2,2-4H3;1-2H3. The zero-order valence-corrected chi connectivity index (χ0v) is 15.6. The van der Waals surface area contributed by atoms with Crippen LogP contribution in [0, 0.1) is 13.8 Å². The van der Waals surface area contributed by atoms with E-state index in [1.165, 1.54) is 11.1 Å². The van der Waals surface area contributed by atoms with Gasteiger partial charge in [-0.25, -0.2) is 0 Å². The first-order valence-electron chi connectivity index (χ1n) is 8.72. The number of aromatic nitrogens is 1. The highest BCUT2D eigenvalue weighted by molar-refractivity contribution is 5.46. The van der Waals surface area contributed by atoms with E-state index in [-0.39, 0.29) is 6.04 Å². The van der Waals surface area contributed by atoms with Gasteiger partial charge in [0.05, 0.1) is 11.7 Å². The first-order chi connectivity index (χ1) is 11.6. The second-order valence-corrected chi connectivity index (χ2v) is 5.78.